The normalized spacial score (nSPS) is 20.6. The number of H-pyrrole nitrogens is 1. The van der Waals surface area contributed by atoms with Crippen LogP contribution in [0.3, 0.4) is 0 Å². The van der Waals surface area contributed by atoms with Crippen LogP contribution >= 0.6 is 0 Å². The summed E-state index contributed by atoms with van der Waals surface area (Å²) in [4.78, 5) is 27.3. The lowest BCUT2D eigenvalue weighted by molar-refractivity contribution is -0.135. The van der Waals surface area contributed by atoms with Gasteiger partial charge in [0.2, 0.25) is 5.91 Å². The van der Waals surface area contributed by atoms with Gasteiger partial charge in [0, 0.05) is 37.5 Å². The van der Waals surface area contributed by atoms with Gasteiger partial charge >= 0.3 is 0 Å². The molecule has 1 spiro atoms. The van der Waals surface area contributed by atoms with Crippen molar-refractivity contribution in [1.29, 1.82) is 0 Å². The Labute approximate surface area is 174 Å². The Bertz CT molecular complexity index is 1100. The van der Waals surface area contributed by atoms with Crippen LogP contribution in [0.4, 0.5) is 5.69 Å². The third-order valence-corrected chi connectivity index (χ3v) is 6.34. The zero-order valence-corrected chi connectivity index (χ0v) is 16.9. The number of likely N-dealkylation sites (tertiary alicyclic amines) is 1. The first-order valence-electron chi connectivity index (χ1n) is 10.2. The average Bonchev–Trinajstić information content (AvgIpc) is 3.44. The topological polar surface area (TPSA) is 95.9 Å². The summed E-state index contributed by atoms with van der Waals surface area (Å²) >= 11 is 0. The van der Waals surface area contributed by atoms with E-state index < -0.39 is 0 Å². The SMILES string of the molecule is CN1CCC2(CCc3c(C(=O)Nc4cnn(Cc5ccccc5)c4)n[nH]c3C2)C1=O. The summed E-state index contributed by atoms with van der Waals surface area (Å²) in [6.45, 7) is 1.43. The third kappa shape index (κ3) is 3.18. The molecule has 2 aliphatic rings. The molecular weight excluding hydrogens is 380 g/mol. The van der Waals surface area contributed by atoms with E-state index in [1.165, 1.54) is 0 Å². The second-order valence-electron chi connectivity index (χ2n) is 8.33. The number of rotatable bonds is 4. The lowest BCUT2D eigenvalue weighted by Gasteiger charge is -2.30. The van der Waals surface area contributed by atoms with Crippen LogP contribution in [-0.2, 0) is 24.2 Å². The second-order valence-corrected chi connectivity index (χ2v) is 8.33. The van der Waals surface area contributed by atoms with Crippen molar-refractivity contribution in [1.82, 2.24) is 24.9 Å². The molecule has 1 aromatic carbocycles. The first-order valence-corrected chi connectivity index (χ1v) is 10.2. The Morgan fingerprint density at radius 1 is 1.27 bits per heavy atom. The number of amides is 2. The molecule has 2 aromatic heterocycles. The maximum atomic E-state index is 12.8. The number of aromatic amines is 1. The smallest absolute Gasteiger partial charge is 0.276 e. The maximum Gasteiger partial charge on any atom is 0.276 e. The highest BCUT2D eigenvalue weighted by Crippen LogP contribution is 2.43. The minimum absolute atomic E-state index is 0.208. The van der Waals surface area contributed by atoms with Crippen LogP contribution in [0.2, 0.25) is 0 Å². The standard InChI is InChI=1S/C22H24N6O2/c1-27-10-9-22(21(27)30)8-7-17-18(11-22)25-26-19(17)20(29)24-16-12-23-28(14-16)13-15-5-3-2-4-6-15/h2-6,12,14H,7-11,13H2,1H3,(H,24,29)(H,25,26). The first-order chi connectivity index (χ1) is 14.5. The van der Waals surface area contributed by atoms with Crippen molar-refractivity contribution in [3.8, 4) is 0 Å². The fourth-order valence-corrected chi connectivity index (χ4v) is 4.66. The Balaban J connectivity index is 1.29. The van der Waals surface area contributed by atoms with E-state index >= 15 is 0 Å². The number of fused-ring (bicyclic) bond motifs is 1. The molecule has 2 amide bonds. The molecule has 8 heteroatoms. The van der Waals surface area contributed by atoms with Crippen molar-refractivity contribution in [2.45, 2.75) is 32.2 Å². The van der Waals surface area contributed by atoms with E-state index in [1.807, 2.05) is 48.5 Å². The fraction of sp³-hybridized carbons (Fsp3) is 0.364. The summed E-state index contributed by atoms with van der Waals surface area (Å²) in [5.41, 5.74) is 3.69. The monoisotopic (exact) mass is 404 g/mol. The highest BCUT2D eigenvalue weighted by atomic mass is 16.2. The molecule has 8 nitrogen and oxygen atoms in total. The number of aromatic nitrogens is 4. The average molecular weight is 404 g/mol. The van der Waals surface area contributed by atoms with Crippen molar-refractivity contribution in [2.75, 3.05) is 18.9 Å². The summed E-state index contributed by atoms with van der Waals surface area (Å²) in [5, 5.41) is 14.5. The number of carbonyl (C=O) groups excluding carboxylic acids is 2. The quantitative estimate of drug-likeness (QED) is 0.697. The van der Waals surface area contributed by atoms with Crippen LogP contribution in [0.15, 0.2) is 42.7 Å². The van der Waals surface area contributed by atoms with Gasteiger partial charge in [-0.25, -0.2) is 0 Å². The van der Waals surface area contributed by atoms with Gasteiger partial charge in [0.15, 0.2) is 5.69 Å². The molecule has 0 bridgehead atoms. The number of nitrogens with one attached hydrogen (secondary N) is 2. The molecule has 3 heterocycles. The number of anilines is 1. The highest BCUT2D eigenvalue weighted by Gasteiger charge is 2.48. The number of benzene rings is 1. The Kier molecular flexibility index (Phi) is 4.42. The van der Waals surface area contributed by atoms with Gasteiger partial charge in [-0.1, -0.05) is 30.3 Å². The number of nitrogens with zero attached hydrogens (tertiary/aromatic N) is 4. The van der Waals surface area contributed by atoms with Crippen molar-refractivity contribution in [3.63, 3.8) is 0 Å². The van der Waals surface area contributed by atoms with Gasteiger partial charge in [-0.2, -0.15) is 10.2 Å². The van der Waals surface area contributed by atoms with Crippen LogP contribution in [0.5, 0.6) is 0 Å². The molecule has 2 N–H and O–H groups in total. The van der Waals surface area contributed by atoms with Crippen molar-refractivity contribution in [3.05, 3.63) is 65.2 Å². The summed E-state index contributed by atoms with van der Waals surface area (Å²) in [6, 6.07) is 10.0. The van der Waals surface area contributed by atoms with Crippen LogP contribution < -0.4 is 5.32 Å². The fourth-order valence-electron chi connectivity index (χ4n) is 4.66. The van der Waals surface area contributed by atoms with E-state index in [0.717, 1.165) is 36.2 Å². The molecule has 1 unspecified atom stereocenters. The number of hydrogen-bond acceptors (Lipinski definition) is 4. The van der Waals surface area contributed by atoms with E-state index in [4.69, 9.17) is 0 Å². The Morgan fingerprint density at radius 2 is 2.10 bits per heavy atom. The Hall–Kier alpha value is -3.42. The largest absolute Gasteiger partial charge is 0.345 e. The van der Waals surface area contributed by atoms with Gasteiger partial charge in [-0.3, -0.25) is 19.4 Å². The van der Waals surface area contributed by atoms with Gasteiger partial charge in [0.05, 0.1) is 23.8 Å². The highest BCUT2D eigenvalue weighted by molar-refractivity contribution is 6.04. The zero-order chi connectivity index (χ0) is 20.7. The molecule has 0 radical (unpaired) electrons. The minimum Gasteiger partial charge on any atom is -0.345 e. The van der Waals surface area contributed by atoms with E-state index in [9.17, 15) is 9.59 Å². The molecule has 154 valence electrons. The lowest BCUT2D eigenvalue weighted by Crippen LogP contribution is -2.37. The summed E-state index contributed by atoms with van der Waals surface area (Å²) in [6.07, 6.45) is 6.39. The van der Waals surface area contributed by atoms with Gasteiger partial charge < -0.3 is 10.2 Å². The van der Waals surface area contributed by atoms with Crippen molar-refractivity contribution in [2.24, 2.45) is 5.41 Å². The van der Waals surface area contributed by atoms with Gasteiger partial charge in [0.1, 0.15) is 0 Å². The van der Waals surface area contributed by atoms with Crippen LogP contribution in [0.1, 0.15) is 40.2 Å². The van der Waals surface area contributed by atoms with Gasteiger partial charge in [0.25, 0.3) is 5.91 Å². The number of carbonyl (C=O) groups is 2. The first kappa shape index (κ1) is 18.6. The lowest BCUT2D eigenvalue weighted by atomic mass is 9.72. The molecule has 1 aliphatic carbocycles. The van der Waals surface area contributed by atoms with Crippen LogP contribution in [0.25, 0.3) is 0 Å². The molecule has 3 aromatic rings. The van der Waals surface area contributed by atoms with Crippen molar-refractivity contribution >= 4 is 17.5 Å². The minimum atomic E-state index is -0.333. The van der Waals surface area contributed by atoms with E-state index in [-0.39, 0.29) is 17.2 Å². The maximum absolute atomic E-state index is 12.8. The zero-order valence-electron chi connectivity index (χ0n) is 16.9. The van der Waals surface area contributed by atoms with E-state index in [2.05, 4.69) is 20.6 Å². The van der Waals surface area contributed by atoms with Gasteiger partial charge in [-0.15, -0.1) is 0 Å². The third-order valence-electron chi connectivity index (χ3n) is 6.34. The summed E-state index contributed by atoms with van der Waals surface area (Å²) in [7, 11) is 1.86. The molecule has 1 atom stereocenters. The second kappa shape index (κ2) is 7.12. The molecule has 0 saturated carbocycles. The predicted octanol–water partition coefficient (Wildman–Crippen LogP) is 2.24. The van der Waals surface area contributed by atoms with Crippen LogP contribution in [0, 0.1) is 5.41 Å². The molecule has 1 aliphatic heterocycles. The van der Waals surface area contributed by atoms with Gasteiger partial charge in [-0.05, 0) is 24.8 Å². The van der Waals surface area contributed by atoms with Crippen molar-refractivity contribution < 1.29 is 9.59 Å². The molecule has 1 saturated heterocycles. The van der Waals surface area contributed by atoms with E-state index in [0.29, 0.717) is 30.8 Å². The molecule has 30 heavy (non-hydrogen) atoms. The number of hydrogen-bond donors (Lipinski definition) is 2. The summed E-state index contributed by atoms with van der Waals surface area (Å²) < 4.78 is 1.79. The van der Waals surface area contributed by atoms with E-state index in [1.54, 1.807) is 10.9 Å². The molecular formula is C22H24N6O2. The van der Waals surface area contributed by atoms with Crippen LogP contribution in [-0.4, -0.2) is 50.3 Å². The molecule has 1 fully saturated rings. The molecule has 5 rings (SSSR count). The predicted molar refractivity (Wildman–Crippen MR) is 111 cm³/mol. The summed E-state index contributed by atoms with van der Waals surface area (Å²) in [5.74, 6) is -0.0443. The Morgan fingerprint density at radius 3 is 2.87 bits per heavy atom.